The van der Waals surface area contributed by atoms with Crippen molar-refractivity contribution < 1.29 is 4.39 Å². The van der Waals surface area contributed by atoms with Crippen LogP contribution in [0.15, 0.2) is 35.5 Å². The van der Waals surface area contributed by atoms with Crippen molar-refractivity contribution >= 4 is 0 Å². The number of rotatable bonds is 4. The zero-order chi connectivity index (χ0) is 9.56. The smallest absolute Gasteiger partial charge is 0.115 e. The fraction of sp³-hybridized carbons (Fsp3) is 0.400. The standard InChI is InChI=1S/C10H16FN/c1-4-8(2)5-10(6-11)9(3)7-12/h4-5H,1,6-7,12H2,2-3H3/b8-5-,10-9-. The van der Waals surface area contributed by atoms with Crippen LogP contribution in [0.4, 0.5) is 4.39 Å². The normalized spacial score (nSPS) is 14.2. The molecule has 2 N–H and O–H groups in total. The molecular formula is C10H16FN. The van der Waals surface area contributed by atoms with E-state index in [1.54, 1.807) is 12.2 Å². The molecule has 0 saturated carbocycles. The summed E-state index contributed by atoms with van der Waals surface area (Å²) in [5, 5.41) is 0. The fourth-order valence-corrected chi connectivity index (χ4v) is 0.741. The molecule has 0 bridgehead atoms. The Balaban J connectivity index is 4.68. The van der Waals surface area contributed by atoms with Crippen LogP contribution < -0.4 is 5.73 Å². The van der Waals surface area contributed by atoms with E-state index in [2.05, 4.69) is 6.58 Å². The lowest BCUT2D eigenvalue weighted by atomic mass is 10.1. The van der Waals surface area contributed by atoms with Crippen LogP contribution in [0.5, 0.6) is 0 Å². The van der Waals surface area contributed by atoms with Crippen LogP contribution in [0.25, 0.3) is 0 Å². The van der Waals surface area contributed by atoms with Gasteiger partial charge in [-0.2, -0.15) is 0 Å². The van der Waals surface area contributed by atoms with Gasteiger partial charge >= 0.3 is 0 Å². The molecule has 0 amide bonds. The van der Waals surface area contributed by atoms with Crippen molar-refractivity contribution in [3.8, 4) is 0 Å². The van der Waals surface area contributed by atoms with E-state index in [1.807, 2.05) is 13.8 Å². The van der Waals surface area contributed by atoms with Gasteiger partial charge in [0.1, 0.15) is 6.67 Å². The lowest BCUT2D eigenvalue weighted by Gasteiger charge is -2.02. The summed E-state index contributed by atoms with van der Waals surface area (Å²) in [6.45, 7) is 7.24. The summed E-state index contributed by atoms with van der Waals surface area (Å²) < 4.78 is 12.4. The van der Waals surface area contributed by atoms with Gasteiger partial charge in [-0.1, -0.05) is 29.9 Å². The molecule has 68 valence electrons. The molecule has 0 aromatic rings. The van der Waals surface area contributed by atoms with E-state index < -0.39 is 6.67 Å². The third-order valence-corrected chi connectivity index (χ3v) is 1.72. The number of nitrogens with two attached hydrogens (primary N) is 1. The maximum Gasteiger partial charge on any atom is 0.115 e. The molecule has 0 heterocycles. The SMILES string of the molecule is C=C/C(C)=C\C(CF)=C(/C)CN. The Kier molecular flexibility index (Phi) is 5.30. The van der Waals surface area contributed by atoms with Crippen LogP contribution in [0, 0.1) is 0 Å². The molecule has 0 atom stereocenters. The summed E-state index contributed by atoms with van der Waals surface area (Å²) in [6.07, 6.45) is 3.47. The first-order chi connectivity index (χ1) is 5.65. The zero-order valence-corrected chi connectivity index (χ0v) is 7.73. The maximum absolute atomic E-state index is 12.4. The minimum absolute atomic E-state index is 0.403. The summed E-state index contributed by atoms with van der Waals surface area (Å²) in [4.78, 5) is 0. The average molecular weight is 169 g/mol. The van der Waals surface area contributed by atoms with Gasteiger partial charge in [0.2, 0.25) is 0 Å². The van der Waals surface area contributed by atoms with Gasteiger partial charge in [0, 0.05) is 6.54 Å². The van der Waals surface area contributed by atoms with E-state index in [0.29, 0.717) is 12.1 Å². The third kappa shape index (κ3) is 3.49. The number of hydrogen-bond donors (Lipinski definition) is 1. The highest BCUT2D eigenvalue weighted by Gasteiger charge is 1.97. The van der Waals surface area contributed by atoms with Crippen molar-refractivity contribution in [2.24, 2.45) is 5.73 Å². The molecule has 0 aliphatic carbocycles. The van der Waals surface area contributed by atoms with Crippen molar-refractivity contribution in [2.75, 3.05) is 13.2 Å². The van der Waals surface area contributed by atoms with Crippen LogP contribution in [0.2, 0.25) is 0 Å². The summed E-state index contributed by atoms with van der Waals surface area (Å²) in [5.74, 6) is 0. The third-order valence-electron chi connectivity index (χ3n) is 1.72. The molecule has 12 heavy (non-hydrogen) atoms. The second-order valence-corrected chi connectivity index (χ2v) is 2.74. The summed E-state index contributed by atoms with van der Waals surface area (Å²) >= 11 is 0. The van der Waals surface area contributed by atoms with E-state index in [1.165, 1.54) is 0 Å². The monoisotopic (exact) mass is 169 g/mol. The van der Waals surface area contributed by atoms with Gasteiger partial charge in [-0.15, -0.1) is 0 Å². The largest absolute Gasteiger partial charge is 0.327 e. The molecule has 0 spiro atoms. The van der Waals surface area contributed by atoms with Crippen molar-refractivity contribution in [3.63, 3.8) is 0 Å². The van der Waals surface area contributed by atoms with Gasteiger partial charge < -0.3 is 5.73 Å². The first-order valence-electron chi connectivity index (χ1n) is 3.91. The van der Waals surface area contributed by atoms with E-state index in [9.17, 15) is 4.39 Å². The highest BCUT2D eigenvalue weighted by atomic mass is 19.1. The Morgan fingerprint density at radius 2 is 2.08 bits per heavy atom. The molecule has 0 radical (unpaired) electrons. The molecular weight excluding hydrogens is 153 g/mol. The zero-order valence-electron chi connectivity index (χ0n) is 7.73. The van der Waals surface area contributed by atoms with Gasteiger partial charge in [0.15, 0.2) is 0 Å². The Morgan fingerprint density at radius 3 is 2.42 bits per heavy atom. The number of allylic oxidation sites excluding steroid dienone is 4. The highest BCUT2D eigenvalue weighted by molar-refractivity contribution is 5.32. The second-order valence-electron chi connectivity index (χ2n) is 2.74. The molecule has 0 unspecified atom stereocenters. The van der Waals surface area contributed by atoms with Gasteiger partial charge in [-0.05, 0) is 19.4 Å². The van der Waals surface area contributed by atoms with E-state index in [0.717, 1.165) is 11.1 Å². The molecule has 0 fully saturated rings. The van der Waals surface area contributed by atoms with Crippen LogP contribution in [-0.2, 0) is 0 Å². The molecule has 0 rings (SSSR count). The average Bonchev–Trinajstić information content (AvgIpc) is 2.12. The first-order valence-corrected chi connectivity index (χ1v) is 3.91. The van der Waals surface area contributed by atoms with E-state index in [-0.39, 0.29) is 0 Å². The molecule has 0 saturated heterocycles. The van der Waals surface area contributed by atoms with Gasteiger partial charge in [0.25, 0.3) is 0 Å². The topological polar surface area (TPSA) is 26.0 Å². The minimum Gasteiger partial charge on any atom is -0.327 e. The lowest BCUT2D eigenvalue weighted by molar-refractivity contribution is 0.546. The second kappa shape index (κ2) is 5.72. The Bertz CT molecular complexity index is 214. The van der Waals surface area contributed by atoms with Gasteiger partial charge in [0.05, 0.1) is 0 Å². The van der Waals surface area contributed by atoms with Crippen LogP contribution in [-0.4, -0.2) is 13.2 Å². The molecule has 1 nitrogen and oxygen atoms in total. The fourth-order valence-electron chi connectivity index (χ4n) is 0.741. The first kappa shape index (κ1) is 11.1. The van der Waals surface area contributed by atoms with Crippen LogP contribution in [0.3, 0.4) is 0 Å². The van der Waals surface area contributed by atoms with Gasteiger partial charge in [-0.25, -0.2) is 4.39 Å². The maximum atomic E-state index is 12.4. The Morgan fingerprint density at radius 1 is 1.50 bits per heavy atom. The Labute approximate surface area is 73.5 Å². The molecule has 0 aromatic carbocycles. The van der Waals surface area contributed by atoms with Crippen LogP contribution in [0.1, 0.15) is 13.8 Å². The number of hydrogen-bond acceptors (Lipinski definition) is 1. The van der Waals surface area contributed by atoms with E-state index >= 15 is 0 Å². The molecule has 0 aromatic heterocycles. The summed E-state index contributed by atoms with van der Waals surface area (Å²) in [6, 6.07) is 0. The van der Waals surface area contributed by atoms with Crippen molar-refractivity contribution in [3.05, 3.63) is 35.5 Å². The van der Waals surface area contributed by atoms with Crippen molar-refractivity contribution in [1.29, 1.82) is 0 Å². The lowest BCUT2D eigenvalue weighted by Crippen LogP contribution is -2.03. The minimum atomic E-state index is -0.464. The van der Waals surface area contributed by atoms with Crippen molar-refractivity contribution in [1.82, 2.24) is 0 Å². The highest BCUT2D eigenvalue weighted by Crippen LogP contribution is 2.08. The summed E-state index contributed by atoms with van der Waals surface area (Å²) in [7, 11) is 0. The summed E-state index contributed by atoms with van der Waals surface area (Å²) in [5.41, 5.74) is 7.89. The predicted molar refractivity (Wildman–Crippen MR) is 51.7 cm³/mol. The quantitative estimate of drug-likeness (QED) is 0.642. The van der Waals surface area contributed by atoms with Crippen molar-refractivity contribution in [2.45, 2.75) is 13.8 Å². The molecule has 2 heteroatoms. The van der Waals surface area contributed by atoms with E-state index in [4.69, 9.17) is 5.73 Å². The number of alkyl halides is 1. The van der Waals surface area contributed by atoms with Gasteiger partial charge in [-0.3, -0.25) is 0 Å². The molecule has 0 aliphatic heterocycles. The Hall–Kier alpha value is -0.890. The number of halogens is 1. The predicted octanol–water partition coefficient (Wildman–Crippen LogP) is 2.36. The molecule has 0 aliphatic rings. The van der Waals surface area contributed by atoms with Crippen LogP contribution >= 0.6 is 0 Å².